The number of ether oxygens (including phenoxy) is 2. The summed E-state index contributed by atoms with van der Waals surface area (Å²) >= 11 is 0. The third-order valence-corrected chi connectivity index (χ3v) is 6.46. The van der Waals surface area contributed by atoms with Gasteiger partial charge in [0.25, 0.3) is 0 Å². The maximum Gasteiger partial charge on any atom is 0.341 e. The number of sulfonamides is 1. The Kier molecular flexibility index (Phi) is 5.83. The van der Waals surface area contributed by atoms with Gasteiger partial charge in [0.15, 0.2) is 0 Å². The standard InChI is InChI=1S/C18H22N2O6S/c1-24-14-3-5-15(6-4-14)27(22,23)20-10-8-19(9-11-20)13-17-16(7-12-26-17)18(21)25-2/h3-7,12H,8-11,13H2,1-2H3. The van der Waals surface area contributed by atoms with Gasteiger partial charge in [-0.25, -0.2) is 13.2 Å². The van der Waals surface area contributed by atoms with Gasteiger partial charge in [-0.3, -0.25) is 4.90 Å². The molecule has 146 valence electrons. The van der Waals surface area contributed by atoms with Crippen molar-refractivity contribution in [2.75, 3.05) is 40.4 Å². The van der Waals surface area contributed by atoms with Crippen LogP contribution in [0, 0.1) is 0 Å². The van der Waals surface area contributed by atoms with Gasteiger partial charge in [0, 0.05) is 26.2 Å². The Morgan fingerprint density at radius 3 is 2.33 bits per heavy atom. The van der Waals surface area contributed by atoms with Crippen LogP contribution >= 0.6 is 0 Å². The molecule has 3 rings (SSSR count). The zero-order valence-electron chi connectivity index (χ0n) is 15.3. The molecule has 1 fully saturated rings. The van der Waals surface area contributed by atoms with Crippen LogP contribution in [0.25, 0.3) is 0 Å². The third kappa shape index (κ3) is 4.15. The fourth-order valence-corrected chi connectivity index (χ4v) is 4.40. The molecule has 0 spiro atoms. The molecule has 1 aromatic carbocycles. The number of benzene rings is 1. The van der Waals surface area contributed by atoms with Gasteiger partial charge < -0.3 is 13.9 Å². The van der Waals surface area contributed by atoms with Crippen LogP contribution in [0.5, 0.6) is 5.75 Å². The zero-order chi connectivity index (χ0) is 19.4. The number of hydrogen-bond acceptors (Lipinski definition) is 7. The molecular weight excluding hydrogens is 372 g/mol. The lowest BCUT2D eigenvalue weighted by Gasteiger charge is -2.33. The van der Waals surface area contributed by atoms with E-state index in [0.29, 0.717) is 49.8 Å². The fraction of sp³-hybridized carbons (Fsp3) is 0.389. The van der Waals surface area contributed by atoms with E-state index in [9.17, 15) is 13.2 Å². The molecule has 1 aromatic heterocycles. The van der Waals surface area contributed by atoms with E-state index in [1.807, 2.05) is 4.90 Å². The van der Waals surface area contributed by atoms with Crippen molar-refractivity contribution in [3.8, 4) is 5.75 Å². The molecule has 1 saturated heterocycles. The second-order valence-corrected chi connectivity index (χ2v) is 8.04. The number of carbonyl (C=O) groups excluding carboxylic acids is 1. The summed E-state index contributed by atoms with van der Waals surface area (Å²) in [5.41, 5.74) is 0.394. The van der Waals surface area contributed by atoms with Crippen LogP contribution in [-0.4, -0.2) is 64.0 Å². The number of nitrogens with zero attached hydrogens (tertiary/aromatic N) is 2. The summed E-state index contributed by atoms with van der Waals surface area (Å²) < 4.78 is 42.2. The van der Waals surface area contributed by atoms with Gasteiger partial charge in [0.2, 0.25) is 10.0 Å². The Bertz CT molecular complexity index is 883. The normalized spacial score (nSPS) is 16.2. The first-order chi connectivity index (χ1) is 13.0. The summed E-state index contributed by atoms with van der Waals surface area (Å²) in [7, 11) is -0.688. The van der Waals surface area contributed by atoms with E-state index in [4.69, 9.17) is 13.9 Å². The quantitative estimate of drug-likeness (QED) is 0.687. The number of piperazine rings is 1. The van der Waals surface area contributed by atoms with Crippen LogP contribution in [0.1, 0.15) is 16.1 Å². The number of methoxy groups -OCH3 is 2. The van der Waals surface area contributed by atoms with Gasteiger partial charge in [0.1, 0.15) is 17.1 Å². The van der Waals surface area contributed by atoms with Gasteiger partial charge in [-0.15, -0.1) is 0 Å². The van der Waals surface area contributed by atoms with Crippen LogP contribution in [0.15, 0.2) is 45.9 Å². The topological polar surface area (TPSA) is 89.3 Å². The predicted octanol–water partition coefficient (Wildman–Crippen LogP) is 1.58. The van der Waals surface area contributed by atoms with E-state index >= 15 is 0 Å². The summed E-state index contributed by atoms with van der Waals surface area (Å²) in [6.45, 7) is 2.23. The molecular formula is C18H22N2O6S. The Balaban J connectivity index is 1.63. The van der Waals surface area contributed by atoms with E-state index in [2.05, 4.69) is 0 Å². The van der Waals surface area contributed by atoms with Crippen molar-refractivity contribution >= 4 is 16.0 Å². The van der Waals surface area contributed by atoms with Crippen molar-refractivity contribution in [1.29, 1.82) is 0 Å². The molecule has 2 aromatic rings. The minimum Gasteiger partial charge on any atom is -0.497 e. The highest BCUT2D eigenvalue weighted by molar-refractivity contribution is 7.89. The monoisotopic (exact) mass is 394 g/mol. The molecule has 0 aliphatic carbocycles. The largest absolute Gasteiger partial charge is 0.497 e. The maximum absolute atomic E-state index is 12.8. The van der Waals surface area contributed by atoms with Gasteiger partial charge in [-0.1, -0.05) is 0 Å². The molecule has 0 unspecified atom stereocenters. The van der Waals surface area contributed by atoms with Crippen molar-refractivity contribution in [3.63, 3.8) is 0 Å². The van der Waals surface area contributed by atoms with Crippen LogP contribution in [0.3, 0.4) is 0 Å². The van der Waals surface area contributed by atoms with Crippen LogP contribution in [0.2, 0.25) is 0 Å². The highest BCUT2D eigenvalue weighted by Crippen LogP contribution is 2.22. The number of hydrogen-bond donors (Lipinski definition) is 0. The van der Waals surface area contributed by atoms with E-state index in [0.717, 1.165) is 0 Å². The molecule has 9 heteroatoms. The highest BCUT2D eigenvalue weighted by atomic mass is 32.2. The summed E-state index contributed by atoms with van der Waals surface area (Å²) in [6, 6.07) is 7.94. The van der Waals surface area contributed by atoms with Gasteiger partial charge in [-0.2, -0.15) is 4.31 Å². The van der Waals surface area contributed by atoms with Crippen LogP contribution in [-0.2, 0) is 21.3 Å². The summed E-state index contributed by atoms with van der Waals surface area (Å²) in [5, 5.41) is 0. The Hall–Kier alpha value is -2.36. The Labute approximate surface area is 158 Å². The lowest BCUT2D eigenvalue weighted by molar-refractivity contribution is 0.0595. The number of furan rings is 1. The molecule has 0 radical (unpaired) electrons. The van der Waals surface area contributed by atoms with Gasteiger partial charge >= 0.3 is 5.97 Å². The minimum atomic E-state index is -3.54. The second-order valence-electron chi connectivity index (χ2n) is 6.10. The molecule has 0 N–H and O–H groups in total. The van der Waals surface area contributed by atoms with Crippen molar-refractivity contribution in [1.82, 2.24) is 9.21 Å². The van der Waals surface area contributed by atoms with E-state index in [1.54, 1.807) is 30.3 Å². The fourth-order valence-electron chi connectivity index (χ4n) is 2.98. The second kappa shape index (κ2) is 8.12. The molecule has 0 saturated carbocycles. The van der Waals surface area contributed by atoms with E-state index in [-0.39, 0.29) is 4.90 Å². The van der Waals surface area contributed by atoms with E-state index in [1.165, 1.54) is 24.8 Å². The lowest BCUT2D eigenvalue weighted by Crippen LogP contribution is -2.48. The summed E-state index contributed by atoms with van der Waals surface area (Å²) in [6.07, 6.45) is 1.45. The molecule has 1 aliphatic rings. The molecule has 0 bridgehead atoms. The van der Waals surface area contributed by atoms with Crippen molar-refractivity contribution in [2.24, 2.45) is 0 Å². The highest BCUT2D eigenvalue weighted by Gasteiger charge is 2.29. The first kappa shape index (κ1) is 19.4. The summed E-state index contributed by atoms with van der Waals surface area (Å²) in [5.74, 6) is 0.686. The Morgan fingerprint density at radius 2 is 1.74 bits per heavy atom. The van der Waals surface area contributed by atoms with Crippen LogP contribution in [0.4, 0.5) is 0 Å². The molecule has 2 heterocycles. The Morgan fingerprint density at radius 1 is 1.07 bits per heavy atom. The first-order valence-corrected chi connectivity index (χ1v) is 9.91. The minimum absolute atomic E-state index is 0.246. The molecule has 0 atom stereocenters. The number of esters is 1. The van der Waals surface area contributed by atoms with Crippen LogP contribution < -0.4 is 4.74 Å². The average molecular weight is 394 g/mol. The van der Waals surface area contributed by atoms with E-state index < -0.39 is 16.0 Å². The van der Waals surface area contributed by atoms with Crippen molar-refractivity contribution < 1.29 is 27.1 Å². The predicted molar refractivity (Wildman–Crippen MR) is 97.1 cm³/mol. The van der Waals surface area contributed by atoms with Gasteiger partial charge in [0.05, 0.1) is 31.9 Å². The summed E-state index contributed by atoms with van der Waals surface area (Å²) in [4.78, 5) is 14.0. The molecule has 0 amide bonds. The van der Waals surface area contributed by atoms with Crippen molar-refractivity contribution in [2.45, 2.75) is 11.4 Å². The smallest absolute Gasteiger partial charge is 0.341 e. The number of rotatable bonds is 6. The van der Waals surface area contributed by atoms with Gasteiger partial charge in [-0.05, 0) is 30.3 Å². The van der Waals surface area contributed by atoms with Crippen molar-refractivity contribution in [3.05, 3.63) is 47.9 Å². The SMILES string of the molecule is COC(=O)c1ccoc1CN1CCN(S(=O)(=O)c2ccc(OC)cc2)CC1. The average Bonchev–Trinajstić information content (AvgIpc) is 3.16. The lowest BCUT2D eigenvalue weighted by atomic mass is 10.2. The molecule has 27 heavy (non-hydrogen) atoms. The zero-order valence-corrected chi connectivity index (χ0v) is 16.1. The first-order valence-electron chi connectivity index (χ1n) is 8.47. The molecule has 1 aliphatic heterocycles. The third-order valence-electron chi connectivity index (χ3n) is 4.55. The number of carbonyl (C=O) groups is 1. The molecule has 8 nitrogen and oxygen atoms in total. The maximum atomic E-state index is 12.8.